The molecular weight excluding hydrogens is 418 g/mol. The highest BCUT2D eigenvalue weighted by molar-refractivity contribution is 6.33. The number of amides is 1. The van der Waals surface area contributed by atoms with Crippen molar-refractivity contribution >= 4 is 28.7 Å². The number of fused-ring (bicyclic) bond motifs is 1. The molecule has 1 amide bonds. The number of carbonyl (C=O) groups is 1. The number of aromatic nitrogens is 6. The Bertz CT molecular complexity index is 1130. The smallest absolute Gasteiger partial charge is 0.278 e. The number of aromatic amines is 1. The Morgan fingerprint density at radius 2 is 2.20 bits per heavy atom. The van der Waals surface area contributed by atoms with Crippen LogP contribution in [0.25, 0.3) is 11.2 Å². The van der Waals surface area contributed by atoms with Crippen LogP contribution < -0.4 is 10.9 Å². The van der Waals surface area contributed by atoms with E-state index in [0.29, 0.717) is 12.2 Å². The average Bonchev–Trinajstić information content (AvgIpc) is 3.32. The molecule has 4 rings (SSSR count). The van der Waals surface area contributed by atoms with Crippen molar-refractivity contribution in [2.45, 2.75) is 44.4 Å². The van der Waals surface area contributed by atoms with Gasteiger partial charge < -0.3 is 29.8 Å². The van der Waals surface area contributed by atoms with E-state index < -0.39 is 30.3 Å². The van der Waals surface area contributed by atoms with E-state index in [-0.39, 0.29) is 34.9 Å². The predicted molar refractivity (Wildman–Crippen MR) is 104 cm³/mol. The molecule has 1 aliphatic rings. The lowest BCUT2D eigenvalue weighted by atomic mass is 9.97. The maximum absolute atomic E-state index is 12.5. The van der Waals surface area contributed by atoms with Gasteiger partial charge in [0, 0.05) is 12.7 Å². The number of halogens is 1. The van der Waals surface area contributed by atoms with Crippen molar-refractivity contribution in [3.05, 3.63) is 39.9 Å². The zero-order valence-corrected chi connectivity index (χ0v) is 16.7. The summed E-state index contributed by atoms with van der Waals surface area (Å²) in [5, 5.41) is 27.9. The highest BCUT2D eigenvalue weighted by Crippen LogP contribution is 2.20. The molecule has 4 atom stereocenters. The maximum Gasteiger partial charge on any atom is 0.278 e. The number of nitrogens with zero attached hydrogens (tertiary/aromatic N) is 5. The fraction of sp³-hybridized carbons (Fsp3) is 0.471. The Hall–Kier alpha value is -2.80. The summed E-state index contributed by atoms with van der Waals surface area (Å²) in [7, 11) is 0. The third-order valence-corrected chi connectivity index (χ3v) is 5.27. The molecule has 0 aliphatic carbocycles. The van der Waals surface area contributed by atoms with Gasteiger partial charge in [-0.25, -0.2) is 9.97 Å². The van der Waals surface area contributed by atoms with Crippen molar-refractivity contribution < 1.29 is 19.7 Å². The van der Waals surface area contributed by atoms with Crippen molar-refractivity contribution in [3.63, 3.8) is 0 Å². The SMILES string of the molecule is CCn1cc(Cl)c(C(=O)N[C@@H]2CO[C@H](Cn3cnc4c(=O)[nH]cnc43)[C@@H](O)[C@H]2O)n1. The average molecular weight is 438 g/mol. The Morgan fingerprint density at radius 3 is 2.93 bits per heavy atom. The van der Waals surface area contributed by atoms with Crippen molar-refractivity contribution in [2.75, 3.05) is 6.61 Å². The van der Waals surface area contributed by atoms with Gasteiger partial charge in [0.2, 0.25) is 0 Å². The van der Waals surface area contributed by atoms with Gasteiger partial charge in [0.15, 0.2) is 16.9 Å². The molecule has 3 aromatic heterocycles. The van der Waals surface area contributed by atoms with Gasteiger partial charge in [0.25, 0.3) is 11.5 Å². The summed E-state index contributed by atoms with van der Waals surface area (Å²) in [6, 6.07) is -0.855. The monoisotopic (exact) mass is 437 g/mol. The van der Waals surface area contributed by atoms with Crippen molar-refractivity contribution in [3.8, 4) is 0 Å². The van der Waals surface area contributed by atoms with Crippen molar-refractivity contribution in [1.82, 2.24) is 34.6 Å². The van der Waals surface area contributed by atoms with Crippen LogP contribution in [0.5, 0.6) is 0 Å². The van der Waals surface area contributed by atoms with Gasteiger partial charge in [0.05, 0.1) is 36.9 Å². The Kier molecular flexibility index (Phi) is 5.56. The van der Waals surface area contributed by atoms with E-state index in [1.807, 2.05) is 6.92 Å². The Balaban J connectivity index is 1.44. The number of rotatable bonds is 5. The first-order valence-electron chi connectivity index (χ1n) is 9.29. The standard InChI is InChI=1S/C17H20ClN7O5/c1-2-25-3-8(18)11(23-25)17(29)22-9-5-30-10(14(27)13(9)26)4-24-7-21-12-15(24)19-6-20-16(12)28/h3,6-7,9-10,13-14,26-27H,2,4-5H2,1H3,(H,22,29)(H,19,20,28)/t9-,10-,13+,14-/m1/s1. The lowest BCUT2D eigenvalue weighted by Gasteiger charge is -2.37. The molecule has 0 aromatic carbocycles. The van der Waals surface area contributed by atoms with E-state index in [0.717, 1.165) is 0 Å². The van der Waals surface area contributed by atoms with Gasteiger partial charge in [-0.05, 0) is 6.92 Å². The zero-order valence-electron chi connectivity index (χ0n) is 15.9. The number of aliphatic hydroxyl groups excluding tert-OH is 2. The molecule has 0 unspecified atom stereocenters. The topological polar surface area (TPSA) is 160 Å². The second-order valence-electron chi connectivity index (χ2n) is 6.92. The number of aryl methyl sites for hydroxylation is 1. The highest BCUT2D eigenvalue weighted by atomic mass is 35.5. The number of hydrogen-bond donors (Lipinski definition) is 4. The minimum atomic E-state index is -1.30. The molecule has 1 saturated heterocycles. The third kappa shape index (κ3) is 3.69. The number of hydrogen-bond acceptors (Lipinski definition) is 8. The number of carbonyl (C=O) groups excluding carboxylic acids is 1. The lowest BCUT2D eigenvalue weighted by Crippen LogP contribution is -2.60. The molecule has 1 fully saturated rings. The van der Waals surface area contributed by atoms with E-state index in [1.54, 1.807) is 4.57 Å². The minimum Gasteiger partial charge on any atom is -0.388 e. The number of aliphatic hydroxyl groups is 2. The predicted octanol–water partition coefficient (Wildman–Crippen LogP) is -1.09. The Labute approximate surface area is 174 Å². The molecule has 3 aromatic rings. The molecule has 30 heavy (non-hydrogen) atoms. The van der Waals surface area contributed by atoms with Gasteiger partial charge in [-0.2, -0.15) is 5.10 Å². The van der Waals surface area contributed by atoms with Gasteiger partial charge >= 0.3 is 0 Å². The van der Waals surface area contributed by atoms with Crippen LogP contribution in [0.4, 0.5) is 0 Å². The second-order valence-corrected chi connectivity index (χ2v) is 7.32. The molecular formula is C17H20ClN7O5. The van der Waals surface area contributed by atoms with Crippen molar-refractivity contribution in [2.24, 2.45) is 0 Å². The van der Waals surface area contributed by atoms with Crippen LogP contribution in [-0.4, -0.2) is 76.4 Å². The van der Waals surface area contributed by atoms with Gasteiger partial charge in [-0.15, -0.1) is 0 Å². The molecule has 0 spiro atoms. The van der Waals surface area contributed by atoms with Crippen LogP contribution in [0.1, 0.15) is 17.4 Å². The highest BCUT2D eigenvalue weighted by Gasteiger charge is 2.40. The summed E-state index contributed by atoms with van der Waals surface area (Å²) < 4.78 is 8.75. The third-order valence-electron chi connectivity index (χ3n) is 4.99. The summed E-state index contributed by atoms with van der Waals surface area (Å²) in [5.74, 6) is -0.575. The minimum absolute atomic E-state index is 0.0310. The van der Waals surface area contributed by atoms with Crippen molar-refractivity contribution in [1.29, 1.82) is 0 Å². The van der Waals surface area contributed by atoms with Crippen LogP contribution in [0.15, 0.2) is 23.6 Å². The normalized spacial score (nSPS) is 24.3. The first-order valence-corrected chi connectivity index (χ1v) is 9.67. The van der Waals surface area contributed by atoms with Gasteiger partial charge in [-0.1, -0.05) is 11.6 Å². The Morgan fingerprint density at radius 1 is 1.40 bits per heavy atom. The zero-order chi connectivity index (χ0) is 21.4. The molecule has 1 aliphatic heterocycles. The fourth-order valence-corrected chi connectivity index (χ4v) is 3.58. The summed E-state index contributed by atoms with van der Waals surface area (Å²) >= 11 is 6.04. The molecule has 4 N–H and O–H groups in total. The summed E-state index contributed by atoms with van der Waals surface area (Å²) in [5.41, 5.74) is 0.150. The van der Waals surface area contributed by atoms with Crippen LogP contribution in [0.3, 0.4) is 0 Å². The van der Waals surface area contributed by atoms with Gasteiger partial charge in [0.1, 0.15) is 18.3 Å². The van der Waals surface area contributed by atoms with E-state index in [2.05, 4.69) is 25.4 Å². The molecule has 0 radical (unpaired) electrons. The summed E-state index contributed by atoms with van der Waals surface area (Å²) in [6.07, 6.45) is 0.818. The molecule has 12 nitrogen and oxygen atoms in total. The molecule has 0 saturated carbocycles. The quantitative estimate of drug-likeness (QED) is 0.391. The first-order chi connectivity index (χ1) is 14.4. The van der Waals surface area contributed by atoms with Crippen LogP contribution in [0, 0.1) is 0 Å². The molecule has 0 bridgehead atoms. The van der Waals surface area contributed by atoms with Crippen LogP contribution in [0.2, 0.25) is 5.02 Å². The van der Waals surface area contributed by atoms with Crippen LogP contribution in [-0.2, 0) is 17.8 Å². The number of ether oxygens (including phenoxy) is 1. The number of nitrogens with one attached hydrogen (secondary N) is 2. The van der Waals surface area contributed by atoms with E-state index in [1.165, 1.54) is 23.5 Å². The summed E-state index contributed by atoms with van der Waals surface area (Å²) in [4.78, 5) is 34.7. The van der Waals surface area contributed by atoms with Gasteiger partial charge in [-0.3, -0.25) is 14.3 Å². The summed E-state index contributed by atoms with van der Waals surface area (Å²) in [6.45, 7) is 2.47. The maximum atomic E-state index is 12.5. The van der Waals surface area contributed by atoms with Crippen LogP contribution >= 0.6 is 11.6 Å². The lowest BCUT2D eigenvalue weighted by molar-refractivity contribution is -0.152. The van der Waals surface area contributed by atoms with E-state index >= 15 is 0 Å². The fourth-order valence-electron chi connectivity index (χ4n) is 3.34. The molecule has 160 valence electrons. The number of imidazole rings is 1. The van der Waals surface area contributed by atoms with E-state index in [4.69, 9.17) is 16.3 Å². The first kappa shape index (κ1) is 20.5. The van der Waals surface area contributed by atoms with E-state index in [9.17, 15) is 19.8 Å². The second kappa shape index (κ2) is 8.14. The largest absolute Gasteiger partial charge is 0.388 e. The molecule has 13 heteroatoms. The number of H-pyrrole nitrogens is 1. The molecule has 4 heterocycles.